The van der Waals surface area contributed by atoms with Crippen molar-refractivity contribution in [3.05, 3.63) is 77.5 Å². The second-order valence-electron chi connectivity index (χ2n) is 7.51. The third kappa shape index (κ3) is 4.27. The molecule has 8 heteroatoms. The lowest BCUT2D eigenvalue weighted by Crippen LogP contribution is -2.36. The number of anilines is 1. The molecule has 0 saturated heterocycles. The first-order valence-corrected chi connectivity index (χ1v) is 11.3. The van der Waals surface area contributed by atoms with E-state index in [1.807, 2.05) is 17.0 Å². The molecule has 1 N–H and O–H groups in total. The molecule has 0 atom stereocenters. The average Bonchev–Trinajstić information content (AvgIpc) is 3.30. The summed E-state index contributed by atoms with van der Waals surface area (Å²) in [5, 5.41) is 3.40. The fourth-order valence-electron chi connectivity index (χ4n) is 3.81. The maximum Gasteiger partial charge on any atom is 0.256 e. The van der Waals surface area contributed by atoms with Crippen molar-refractivity contribution in [2.45, 2.75) is 18.0 Å². The van der Waals surface area contributed by atoms with Crippen LogP contribution in [0, 0.1) is 0 Å². The Bertz CT molecular complexity index is 1180. The number of hydrogen-bond donors (Lipinski definition) is 1. The van der Waals surface area contributed by atoms with Gasteiger partial charge >= 0.3 is 0 Å². The Labute approximate surface area is 189 Å². The van der Waals surface area contributed by atoms with E-state index in [9.17, 15) is 9.59 Å². The molecule has 5 rings (SSSR count). The van der Waals surface area contributed by atoms with Crippen LogP contribution in [0.2, 0.25) is 0 Å². The van der Waals surface area contributed by atoms with Crippen LogP contribution in [0.25, 0.3) is 0 Å². The quantitative estimate of drug-likeness (QED) is 0.600. The summed E-state index contributed by atoms with van der Waals surface area (Å²) in [6, 6.07) is 17.0. The van der Waals surface area contributed by atoms with Crippen molar-refractivity contribution in [2.24, 2.45) is 0 Å². The Kier molecular flexibility index (Phi) is 5.68. The second kappa shape index (κ2) is 8.92. The summed E-state index contributed by atoms with van der Waals surface area (Å²) < 4.78 is 10.6. The SMILES string of the molecule is O=C(CSc1ncccc1C(=O)N1CCc2ccccc2C1)Nc1ccc2c(c1)OCO2. The van der Waals surface area contributed by atoms with Gasteiger partial charge in [0.25, 0.3) is 5.91 Å². The van der Waals surface area contributed by atoms with Gasteiger partial charge in [-0.05, 0) is 41.8 Å². The summed E-state index contributed by atoms with van der Waals surface area (Å²) in [6.45, 7) is 1.43. The number of fused-ring (bicyclic) bond motifs is 2. The highest BCUT2D eigenvalue weighted by atomic mass is 32.2. The van der Waals surface area contributed by atoms with Gasteiger partial charge in [0.1, 0.15) is 5.03 Å². The van der Waals surface area contributed by atoms with Gasteiger partial charge in [-0.1, -0.05) is 36.0 Å². The number of amides is 2. The Hall–Kier alpha value is -3.52. The molecule has 32 heavy (non-hydrogen) atoms. The van der Waals surface area contributed by atoms with E-state index in [0.29, 0.717) is 40.9 Å². The zero-order chi connectivity index (χ0) is 21.9. The molecule has 0 bridgehead atoms. The van der Waals surface area contributed by atoms with Crippen LogP contribution in [0.3, 0.4) is 0 Å². The number of benzene rings is 2. The number of aromatic nitrogens is 1. The first-order valence-electron chi connectivity index (χ1n) is 10.3. The number of ether oxygens (including phenoxy) is 2. The van der Waals surface area contributed by atoms with E-state index >= 15 is 0 Å². The van der Waals surface area contributed by atoms with Gasteiger partial charge in [-0.15, -0.1) is 0 Å². The maximum absolute atomic E-state index is 13.2. The maximum atomic E-state index is 13.2. The number of nitrogens with zero attached hydrogens (tertiary/aromatic N) is 2. The summed E-state index contributed by atoms with van der Waals surface area (Å²) in [5.41, 5.74) is 3.61. The van der Waals surface area contributed by atoms with Crippen LogP contribution in [0.5, 0.6) is 11.5 Å². The van der Waals surface area contributed by atoms with Crippen molar-refractivity contribution in [2.75, 3.05) is 24.4 Å². The molecule has 3 heterocycles. The monoisotopic (exact) mass is 447 g/mol. The Morgan fingerprint density at radius 1 is 1.03 bits per heavy atom. The van der Waals surface area contributed by atoms with Gasteiger partial charge in [0.2, 0.25) is 12.7 Å². The first-order chi connectivity index (χ1) is 15.7. The molecule has 1 aromatic heterocycles. The Morgan fingerprint density at radius 3 is 2.78 bits per heavy atom. The van der Waals surface area contributed by atoms with Crippen LogP contribution >= 0.6 is 11.8 Å². The Morgan fingerprint density at radius 2 is 1.88 bits per heavy atom. The molecular formula is C24H21N3O4S. The normalized spacial score (nSPS) is 14.1. The molecule has 2 aliphatic heterocycles. The molecule has 2 amide bonds. The molecule has 3 aromatic rings. The minimum Gasteiger partial charge on any atom is -0.454 e. The number of rotatable bonds is 5. The van der Waals surface area contributed by atoms with Crippen molar-refractivity contribution in [3.8, 4) is 11.5 Å². The van der Waals surface area contributed by atoms with Crippen LogP contribution in [0.15, 0.2) is 65.8 Å². The van der Waals surface area contributed by atoms with Gasteiger partial charge in [-0.2, -0.15) is 0 Å². The van der Waals surface area contributed by atoms with Crippen LogP contribution in [-0.4, -0.2) is 40.8 Å². The number of thioether (sulfide) groups is 1. The lowest BCUT2D eigenvalue weighted by Gasteiger charge is -2.29. The highest BCUT2D eigenvalue weighted by Gasteiger charge is 2.24. The number of nitrogens with one attached hydrogen (secondary N) is 1. The van der Waals surface area contributed by atoms with E-state index in [1.54, 1.807) is 36.5 Å². The lowest BCUT2D eigenvalue weighted by molar-refractivity contribution is -0.113. The smallest absolute Gasteiger partial charge is 0.256 e. The average molecular weight is 448 g/mol. The summed E-state index contributed by atoms with van der Waals surface area (Å²) in [6.07, 6.45) is 2.48. The third-order valence-electron chi connectivity index (χ3n) is 5.42. The van der Waals surface area contributed by atoms with Crippen LogP contribution in [0.4, 0.5) is 5.69 Å². The first kappa shape index (κ1) is 20.4. The predicted octanol–water partition coefficient (Wildman–Crippen LogP) is 3.74. The molecule has 0 fully saturated rings. The second-order valence-corrected chi connectivity index (χ2v) is 8.47. The number of pyridine rings is 1. The molecule has 0 saturated carbocycles. The zero-order valence-corrected chi connectivity index (χ0v) is 18.1. The van der Waals surface area contributed by atoms with Crippen LogP contribution < -0.4 is 14.8 Å². The third-order valence-corrected chi connectivity index (χ3v) is 6.42. The molecule has 0 radical (unpaired) electrons. The van der Waals surface area contributed by atoms with E-state index < -0.39 is 0 Å². The molecular weight excluding hydrogens is 426 g/mol. The van der Waals surface area contributed by atoms with Crippen molar-refractivity contribution < 1.29 is 19.1 Å². The molecule has 7 nitrogen and oxygen atoms in total. The number of hydrogen-bond acceptors (Lipinski definition) is 6. The largest absolute Gasteiger partial charge is 0.454 e. The minimum atomic E-state index is -0.190. The molecule has 0 spiro atoms. The van der Waals surface area contributed by atoms with Gasteiger partial charge in [-0.25, -0.2) is 4.98 Å². The fraction of sp³-hybridized carbons (Fsp3) is 0.208. The molecule has 2 aliphatic rings. The van der Waals surface area contributed by atoms with E-state index in [0.717, 1.165) is 6.42 Å². The molecule has 0 unspecified atom stereocenters. The van der Waals surface area contributed by atoms with E-state index in [1.165, 1.54) is 22.9 Å². The topological polar surface area (TPSA) is 80.8 Å². The fourth-order valence-corrected chi connectivity index (χ4v) is 4.60. The van der Waals surface area contributed by atoms with Crippen molar-refractivity contribution in [1.82, 2.24) is 9.88 Å². The number of carbonyl (C=O) groups is 2. The summed E-state index contributed by atoms with van der Waals surface area (Å²) >= 11 is 1.25. The standard InChI is InChI=1S/C24H21N3O4S/c28-22(26-18-7-8-20-21(12-18)31-15-30-20)14-32-23-19(6-3-10-25-23)24(29)27-11-9-16-4-1-2-5-17(16)13-27/h1-8,10,12H,9,11,13-15H2,(H,26,28). The van der Waals surface area contributed by atoms with Gasteiger partial charge < -0.3 is 19.7 Å². The van der Waals surface area contributed by atoms with Gasteiger partial charge in [0, 0.05) is 31.0 Å². The highest BCUT2D eigenvalue weighted by Crippen LogP contribution is 2.34. The van der Waals surface area contributed by atoms with Gasteiger partial charge in [-0.3, -0.25) is 9.59 Å². The van der Waals surface area contributed by atoms with E-state index in [2.05, 4.69) is 22.4 Å². The summed E-state index contributed by atoms with van der Waals surface area (Å²) in [4.78, 5) is 31.9. The van der Waals surface area contributed by atoms with Crippen LogP contribution in [-0.2, 0) is 17.8 Å². The van der Waals surface area contributed by atoms with Crippen molar-refractivity contribution in [1.29, 1.82) is 0 Å². The summed E-state index contributed by atoms with van der Waals surface area (Å²) in [5.74, 6) is 1.15. The van der Waals surface area contributed by atoms with E-state index in [4.69, 9.17) is 9.47 Å². The molecule has 162 valence electrons. The van der Waals surface area contributed by atoms with Crippen molar-refractivity contribution >= 4 is 29.3 Å². The van der Waals surface area contributed by atoms with Crippen molar-refractivity contribution in [3.63, 3.8) is 0 Å². The molecule has 2 aromatic carbocycles. The van der Waals surface area contributed by atoms with E-state index in [-0.39, 0.29) is 24.4 Å². The van der Waals surface area contributed by atoms with Gasteiger partial charge in [0.15, 0.2) is 11.5 Å². The predicted molar refractivity (Wildman–Crippen MR) is 121 cm³/mol. The minimum absolute atomic E-state index is 0.0636. The Balaban J connectivity index is 1.24. The summed E-state index contributed by atoms with van der Waals surface area (Å²) in [7, 11) is 0. The highest BCUT2D eigenvalue weighted by molar-refractivity contribution is 8.00. The lowest BCUT2D eigenvalue weighted by atomic mass is 9.99. The molecule has 0 aliphatic carbocycles. The number of carbonyl (C=O) groups excluding carboxylic acids is 2. The zero-order valence-electron chi connectivity index (χ0n) is 17.2. The van der Waals surface area contributed by atoms with Gasteiger partial charge in [0.05, 0.1) is 11.3 Å². The van der Waals surface area contributed by atoms with Crippen LogP contribution in [0.1, 0.15) is 21.5 Å².